The molecule has 0 aliphatic carbocycles. The number of carbonyl (C=O) groups excluding carboxylic acids is 1. The summed E-state index contributed by atoms with van der Waals surface area (Å²) in [5, 5.41) is 10.1. The van der Waals surface area contributed by atoms with Gasteiger partial charge in [0, 0.05) is 12.0 Å². The van der Waals surface area contributed by atoms with E-state index in [1.54, 1.807) is 20.8 Å². The minimum Gasteiger partial charge on any atom is -0.309 e. The van der Waals surface area contributed by atoms with Gasteiger partial charge in [0.05, 0.1) is 0 Å². The summed E-state index contributed by atoms with van der Waals surface area (Å²) in [5.74, 6) is -0.244. The monoisotopic (exact) mass is 349 g/mol. The zero-order chi connectivity index (χ0) is 17.0. The second kappa shape index (κ2) is 7.44. The Morgan fingerprint density at radius 1 is 1.27 bits per heavy atom. The summed E-state index contributed by atoms with van der Waals surface area (Å²) in [4.78, 5) is 13.8. The fourth-order valence-corrected chi connectivity index (χ4v) is 3.33. The van der Waals surface area contributed by atoms with Gasteiger partial charge in [0.1, 0.15) is 0 Å². The number of aromatic nitrogens is 2. The highest BCUT2D eigenvalue weighted by atomic mass is 32.2. The highest BCUT2D eigenvalue weighted by molar-refractivity contribution is 7.91. The lowest BCUT2D eigenvalue weighted by Gasteiger charge is -2.15. The summed E-state index contributed by atoms with van der Waals surface area (Å²) in [6.45, 7) is 6.38. The number of carbonyl (C=O) groups is 1. The van der Waals surface area contributed by atoms with Crippen LogP contribution in [-0.4, -0.2) is 56.6 Å². The van der Waals surface area contributed by atoms with E-state index in [2.05, 4.69) is 20.2 Å². The molecular weight excluding hydrogens is 326 g/mol. The number of nitrogens with zero attached hydrogens (tertiary/aromatic N) is 3. The van der Waals surface area contributed by atoms with E-state index in [-0.39, 0.29) is 15.4 Å². The van der Waals surface area contributed by atoms with Gasteiger partial charge >= 0.3 is 0 Å². The Morgan fingerprint density at radius 2 is 1.91 bits per heavy atom. The molecule has 22 heavy (non-hydrogen) atoms. The third-order valence-corrected chi connectivity index (χ3v) is 5.28. The van der Waals surface area contributed by atoms with Crippen molar-refractivity contribution in [2.45, 2.75) is 31.5 Å². The zero-order valence-electron chi connectivity index (χ0n) is 13.5. The Kier molecular flexibility index (Phi) is 6.41. The predicted octanol–water partition coefficient (Wildman–Crippen LogP) is 0.753. The van der Waals surface area contributed by atoms with Crippen molar-refractivity contribution in [2.75, 3.05) is 32.5 Å². The van der Waals surface area contributed by atoms with Gasteiger partial charge in [-0.05, 0) is 27.1 Å². The molecule has 0 unspecified atom stereocenters. The fourth-order valence-electron chi connectivity index (χ4n) is 1.32. The zero-order valence-corrected chi connectivity index (χ0v) is 15.1. The van der Waals surface area contributed by atoms with Crippen molar-refractivity contribution in [3.8, 4) is 0 Å². The Labute approximate surface area is 135 Å². The van der Waals surface area contributed by atoms with Gasteiger partial charge in [-0.1, -0.05) is 32.1 Å². The maximum atomic E-state index is 12.0. The molecule has 2 N–H and O–H groups in total. The van der Waals surface area contributed by atoms with Crippen LogP contribution in [-0.2, 0) is 14.8 Å². The first-order chi connectivity index (χ1) is 10.0. The molecule has 10 heteroatoms. The van der Waals surface area contributed by atoms with Crippen molar-refractivity contribution in [3.05, 3.63) is 0 Å². The standard InChI is InChI=1S/C12H23N5O3S2/c1-12(2,3)9(18)14-10-15-16-11(21-10)22(19,20)13-7-6-8-17(4)5/h13H,6-8H2,1-5H3,(H,14,15,18). The van der Waals surface area contributed by atoms with E-state index in [9.17, 15) is 13.2 Å². The molecule has 0 saturated heterocycles. The maximum Gasteiger partial charge on any atom is 0.269 e. The molecule has 1 amide bonds. The molecule has 0 bridgehead atoms. The summed E-state index contributed by atoms with van der Waals surface area (Å²) in [6, 6.07) is 0. The van der Waals surface area contributed by atoms with Crippen molar-refractivity contribution in [1.29, 1.82) is 0 Å². The average molecular weight is 349 g/mol. The van der Waals surface area contributed by atoms with Gasteiger partial charge in [-0.15, -0.1) is 10.2 Å². The molecule has 1 heterocycles. The number of amides is 1. The summed E-state index contributed by atoms with van der Waals surface area (Å²) < 4.78 is 26.4. The molecule has 0 spiro atoms. The molecule has 0 atom stereocenters. The first-order valence-corrected chi connectivity index (χ1v) is 9.12. The molecule has 8 nitrogen and oxygen atoms in total. The van der Waals surface area contributed by atoms with Crippen molar-refractivity contribution in [3.63, 3.8) is 0 Å². The van der Waals surface area contributed by atoms with Crippen LogP contribution in [0.15, 0.2) is 4.34 Å². The van der Waals surface area contributed by atoms with Crippen molar-refractivity contribution < 1.29 is 13.2 Å². The lowest BCUT2D eigenvalue weighted by molar-refractivity contribution is -0.123. The van der Waals surface area contributed by atoms with Crippen molar-refractivity contribution >= 4 is 32.4 Å². The third-order valence-electron chi connectivity index (χ3n) is 2.61. The number of sulfonamides is 1. The number of rotatable bonds is 7. The quantitative estimate of drug-likeness (QED) is 0.556. The van der Waals surface area contributed by atoms with E-state index in [1.165, 1.54) is 0 Å². The largest absolute Gasteiger partial charge is 0.309 e. The SMILES string of the molecule is CN(C)CCCNS(=O)(=O)c1nnc(NC(=O)C(C)(C)C)s1. The normalized spacial score (nSPS) is 12.6. The van der Waals surface area contributed by atoms with Gasteiger partial charge in [-0.3, -0.25) is 4.79 Å². The lowest BCUT2D eigenvalue weighted by atomic mass is 9.96. The molecule has 0 aromatic carbocycles. The van der Waals surface area contributed by atoms with E-state index in [1.807, 2.05) is 19.0 Å². The molecular formula is C12H23N5O3S2. The molecule has 0 aliphatic rings. The van der Waals surface area contributed by atoms with Crippen LogP contribution >= 0.6 is 11.3 Å². The van der Waals surface area contributed by atoms with Crippen molar-refractivity contribution in [2.24, 2.45) is 5.41 Å². The van der Waals surface area contributed by atoms with E-state index in [0.717, 1.165) is 17.9 Å². The highest BCUT2D eigenvalue weighted by Crippen LogP contribution is 2.22. The second-order valence-electron chi connectivity index (χ2n) is 6.13. The minimum absolute atomic E-state index is 0.151. The Bertz CT molecular complexity index is 605. The number of hydrogen-bond acceptors (Lipinski definition) is 7. The van der Waals surface area contributed by atoms with Gasteiger partial charge < -0.3 is 10.2 Å². The van der Waals surface area contributed by atoms with E-state index in [4.69, 9.17) is 0 Å². The van der Waals surface area contributed by atoms with Gasteiger partial charge in [0.15, 0.2) is 0 Å². The number of nitrogens with one attached hydrogen (secondary N) is 2. The molecule has 0 radical (unpaired) electrons. The average Bonchev–Trinajstić information content (AvgIpc) is 2.82. The van der Waals surface area contributed by atoms with E-state index in [0.29, 0.717) is 13.0 Å². The second-order valence-corrected chi connectivity index (χ2v) is 9.05. The van der Waals surface area contributed by atoms with Crippen LogP contribution in [0.1, 0.15) is 27.2 Å². The first-order valence-electron chi connectivity index (χ1n) is 6.82. The first kappa shape index (κ1) is 18.9. The van der Waals surface area contributed by atoms with Crippen LogP contribution < -0.4 is 10.0 Å². The molecule has 0 fully saturated rings. The minimum atomic E-state index is -3.68. The summed E-state index contributed by atoms with van der Waals surface area (Å²) >= 11 is 0.834. The van der Waals surface area contributed by atoms with Gasteiger partial charge in [-0.25, -0.2) is 13.1 Å². The fraction of sp³-hybridized carbons (Fsp3) is 0.750. The smallest absolute Gasteiger partial charge is 0.269 e. The molecule has 126 valence electrons. The van der Waals surface area contributed by atoms with Crippen LogP contribution in [0.5, 0.6) is 0 Å². The molecule has 1 aromatic rings. The topological polar surface area (TPSA) is 104 Å². The lowest BCUT2D eigenvalue weighted by Crippen LogP contribution is -2.27. The Morgan fingerprint density at radius 3 is 2.45 bits per heavy atom. The predicted molar refractivity (Wildman–Crippen MR) is 86.4 cm³/mol. The Hall–Kier alpha value is -1.10. The van der Waals surface area contributed by atoms with E-state index < -0.39 is 15.4 Å². The summed E-state index contributed by atoms with van der Waals surface area (Å²) in [7, 11) is 0.157. The maximum absolute atomic E-state index is 12.0. The number of anilines is 1. The summed E-state index contributed by atoms with van der Waals surface area (Å²) in [5.41, 5.74) is -0.588. The van der Waals surface area contributed by atoms with Gasteiger partial charge in [0.25, 0.3) is 10.0 Å². The highest BCUT2D eigenvalue weighted by Gasteiger charge is 2.24. The number of hydrogen-bond donors (Lipinski definition) is 2. The molecule has 1 aromatic heterocycles. The van der Waals surface area contributed by atoms with Crippen LogP contribution in [0, 0.1) is 5.41 Å². The van der Waals surface area contributed by atoms with Crippen LogP contribution in [0.4, 0.5) is 5.13 Å². The van der Waals surface area contributed by atoms with Crippen molar-refractivity contribution in [1.82, 2.24) is 19.8 Å². The van der Waals surface area contributed by atoms with Crippen LogP contribution in [0.25, 0.3) is 0 Å². The van der Waals surface area contributed by atoms with Gasteiger partial charge in [0.2, 0.25) is 15.4 Å². The van der Waals surface area contributed by atoms with E-state index >= 15 is 0 Å². The summed E-state index contributed by atoms with van der Waals surface area (Å²) in [6.07, 6.45) is 0.693. The molecule has 0 saturated carbocycles. The molecule has 1 rings (SSSR count). The van der Waals surface area contributed by atoms with Gasteiger partial charge in [-0.2, -0.15) is 0 Å². The van der Waals surface area contributed by atoms with Crippen LogP contribution in [0.3, 0.4) is 0 Å². The Balaban J connectivity index is 2.64. The molecule has 0 aliphatic heterocycles. The third kappa shape index (κ3) is 5.95. The van der Waals surface area contributed by atoms with Crippen LogP contribution in [0.2, 0.25) is 0 Å².